The Labute approximate surface area is 148 Å². The van der Waals surface area contributed by atoms with Gasteiger partial charge in [-0.3, -0.25) is 14.4 Å². The van der Waals surface area contributed by atoms with Crippen molar-refractivity contribution in [2.75, 3.05) is 5.32 Å². The molecule has 1 atom stereocenters. The number of rotatable bonds is 7. The van der Waals surface area contributed by atoms with Gasteiger partial charge >= 0.3 is 5.97 Å². The molecule has 1 N–H and O–H groups in total. The van der Waals surface area contributed by atoms with Crippen molar-refractivity contribution in [1.29, 1.82) is 0 Å². The first-order valence-electron chi connectivity index (χ1n) is 7.70. The first kappa shape index (κ1) is 18.8. The van der Waals surface area contributed by atoms with Crippen LogP contribution < -0.4 is 5.32 Å². The number of esters is 1. The Morgan fingerprint density at radius 2 is 1.96 bits per heavy atom. The summed E-state index contributed by atoms with van der Waals surface area (Å²) in [7, 11) is 0. The minimum atomic E-state index is -1.05. The SMILES string of the molecule is Cc1ccc(C(=O)CCC(=O)O[C@@H](C)C(=O)Nc2cccc(F)c2)s1. The van der Waals surface area contributed by atoms with Crippen molar-refractivity contribution in [1.82, 2.24) is 0 Å². The van der Waals surface area contributed by atoms with E-state index in [-0.39, 0.29) is 24.3 Å². The van der Waals surface area contributed by atoms with Gasteiger partial charge in [-0.05, 0) is 44.2 Å². The van der Waals surface area contributed by atoms with Gasteiger partial charge in [-0.1, -0.05) is 6.07 Å². The van der Waals surface area contributed by atoms with Gasteiger partial charge in [-0.15, -0.1) is 11.3 Å². The van der Waals surface area contributed by atoms with Crippen LogP contribution >= 0.6 is 11.3 Å². The maximum absolute atomic E-state index is 13.1. The quantitative estimate of drug-likeness (QED) is 0.601. The molecule has 0 aliphatic carbocycles. The molecule has 0 aliphatic rings. The molecule has 2 aromatic rings. The number of Topliss-reactive ketones (excluding diaryl/α,β-unsaturated/α-hetero) is 1. The number of anilines is 1. The summed E-state index contributed by atoms with van der Waals surface area (Å²) in [6, 6.07) is 8.97. The van der Waals surface area contributed by atoms with Crippen molar-refractivity contribution in [3.8, 4) is 0 Å². The van der Waals surface area contributed by atoms with Crippen LogP contribution in [0.25, 0.3) is 0 Å². The van der Waals surface area contributed by atoms with Crippen LogP contribution in [0, 0.1) is 12.7 Å². The molecule has 0 radical (unpaired) electrons. The lowest BCUT2D eigenvalue weighted by Crippen LogP contribution is -2.30. The van der Waals surface area contributed by atoms with E-state index in [0.717, 1.165) is 10.9 Å². The minimum Gasteiger partial charge on any atom is -0.453 e. The number of halogens is 1. The van der Waals surface area contributed by atoms with Gasteiger partial charge in [-0.2, -0.15) is 0 Å². The molecule has 0 bridgehead atoms. The van der Waals surface area contributed by atoms with Gasteiger partial charge in [0.05, 0.1) is 11.3 Å². The number of thiophene rings is 1. The third-order valence-corrected chi connectivity index (χ3v) is 4.38. The second-order valence-corrected chi connectivity index (χ2v) is 6.75. The molecule has 0 spiro atoms. The molecule has 7 heteroatoms. The van der Waals surface area contributed by atoms with E-state index < -0.39 is 23.8 Å². The number of aryl methyl sites for hydroxylation is 1. The molecule has 0 aliphatic heterocycles. The van der Waals surface area contributed by atoms with Gasteiger partial charge in [-0.25, -0.2) is 4.39 Å². The molecular weight excluding hydrogens is 345 g/mol. The number of nitrogens with one attached hydrogen (secondary N) is 1. The fourth-order valence-electron chi connectivity index (χ4n) is 2.04. The number of hydrogen-bond acceptors (Lipinski definition) is 5. The zero-order valence-electron chi connectivity index (χ0n) is 13.9. The van der Waals surface area contributed by atoms with Crippen molar-refractivity contribution < 1.29 is 23.5 Å². The highest BCUT2D eigenvalue weighted by atomic mass is 32.1. The summed E-state index contributed by atoms with van der Waals surface area (Å²) in [5.41, 5.74) is 0.274. The number of hydrogen-bond donors (Lipinski definition) is 1. The Morgan fingerprint density at radius 3 is 2.60 bits per heavy atom. The Balaban J connectivity index is 1.79. The van der Waals surface area contributed by atoms with Gasteiger partial charge < -0.3 is 10.1 Å². The molecule has 1 heterocycles. The largest absolute Gasteiger partial charge is 0.453 e. The van der Waals surface area contributed by atoms with E-state index >= 15 is 0 Å². The molecule has 5 nitrogen and oxygen atoms in total. The molecule has 0 saturated heterocycles. The highest BCUT2D eigenvalue weighted by Crippen LogP contribution is 2.18. The molecule has 0 saturated carbocycles. The third kappa shape index (κ3) is 5.79. The average Bonchev–Trinajstić information content (AvgIpc) is 2.99. The highest BCUT2D eigenvalue weighted by Gasteiger charge is 2.19. The predicted molar refractivity (Wildman–Crippen MR) is 93.2 cm³/mol. The van der Waals surface area contributed by atoms with Crippen LogP contribution in [0.1, 0.15) is 34.3 Å². The summed E-state index contributed by atoms with van der Waals surface area (Å²) < 4.78 is 18.1. The molecule has 0 fully saturated rings. The van der Waals surface area contributed by atoms with Crippen LogP contribution in [0.5, 0.6) is 0 Å². The Morgan fingerprint density at radius 1 is 1.20 bits per heavy atom. The van der Waals surface area contributed by atoms with E-state index in [1.54, 1.807) is 6.07 Å². The number of amides is 1. The zero-order chi connectivity index (χ0) is 18.4. The number of carbonyl (C=O) groups excluding carboxylic acids is 3. The second kappa shape index (κ2) is 8.53. The van der Waals surface area contributed by atoms with Crippen LogP contribution in [0.4, 0.5) is 10.1 Å². The summed E-state index contributed by atoms with van der Waals surface area (Å²) >= 11 is 1.37. The Kier molecular flexibility index (Phi) is 6.41. The van der Waals surface area contributed by atoms with E-state index in [1.165, 1.54) is 36.5 Å². The maximum Gasteiger partial charge on any atom is 0.307 e. The van der Waals surface area contributed by atoms with Gasteiger partial charge in [0.25, 0.3) is 5.91 Å². The molecular formula is C18H18FNO4S. The second-order valence-electron chi connectivity index (χ2n) is 5.47. The van der Waals surface area contributed by atoms with Crippen LogP contribution in [-0.4, -0.2) is 23.8 Å². The molecule has 1 aromatic carbocycles. The van der Waals surface area contributed by atoms with Crippen LogP contribution in [-0.2, 0) is 14.3 Å². The molecule has 0 unspecified atom stereocenters. The first-order chi connectivity index (χ1) is 11.8. The summed E-state index contributed by atoms with van der Waals surface area (Å²) in [4.78, 5) is 37.3. The van der Waals surface area contributed by atoms with Gasteiger partial charge in [0.1, 0.15) is 5.82 Å². The summed E-state index contributed by atoms with van der Waals surface area (Å²) in [6.45, 7) is 3.31. The van der Waals surface area contributed by atoms with Crippen molar-refractivity contribution in [2.24, 2.45) is 0 Å². The van der Waals surface area contributed by atoms with E-state index in [4.69, 9.17) is 4.74 Å². The monoisotopic (exact) mass is 363 g/mol. The first-order valence-corrected chi connectivity index (χ1v) is 8.52. The number of ether oxygens (including phenoxy) is 1. The van der Waals surface area contributed by atoms with Crippen molar-refractivity contribution in [2.45, 2.75) is 32.8 Å². The molecule has 25 heavy (non-hydrogen) atoms. The fourth-order valence-corrected chi connectivity index (χ4v) is 2.88. The third-order valence-electron chi connectivity index (χ3n) is 3.34. The average molecular weight is 363 g/mol. The Bertz CT molecular complexity index is 787. The number of benzene rings is 1. The number of carbonyl (C=O) groups is 3. The topological polar surface area (TPSA) is 72.5 Å². The van der Waals surface area contributed by atoms with Crippen LogP contribution in [0.15, 0.2) is 36.4 Å². The molecule has 1 amide bonds. The van der Waals surface area contributed by atoms with E-state index in [1.807, 2.05) is 13.0 Å². The maximum atomic E-state index is 13.1. The zero-order valence-corrected chi connectivity index (χ0v) is 14.7. The number of ketones is 1. The van der Waals surface area contributed by atoms with E-state index in [2.05, 4.69) is 5.32 Å². The smallest absolute Gasteiger partial charge is 0.307 e. The highest BCUT2D eigenvalue weighted by molar-refractivity contribution is 7.14. The predicted octanol–water partition coefficient (Wildman–Crippen LogP) is 3.73. The summed E-state index contributed by atoms with van der Waals surface area (Å²) in [5.74, 6) is -1.82. The molecule has 132 valence electrons. The Hall–Kier alpha value is -2.54. The lowest BCUT2D eigenvalue weighted by atomic mass is 10.2. The molecule has 2 rings (SSSR count). The lowest BCUT2D eigenvalue weighted by molar-refractivity contribution is -0.153. The van der Waals surface area contributed by atoms with Gasteiger partial charge in [0.15, 0.2) is 11.9 Å². The summed E-state index contributed by atoms with van der Waals surface area (Å²) in [5, 5.41) is 2.46. The van der Waals surface area contributed by atoms with E-state index in [9.17, 15) is 18.8 Å². The normalized spacial score (nSPS) is 11.6. The van der Waals surface area contributed by atoms with E-state index in [0.29, 0.717) is 4.88 Å². The van der Waals surface area contributed by atoms with Gasteiger partial charge in [0.2, 0.25) is 0 Å². The standard InChI is InChI=1S/C18H18FNO4S/c1-11-6-8-16(25-11)15(21)7-9-17(22)24-12(2)18(23)20-14-5-3-4-13(19)10-14/h3-6,8,10,12H,7,9H2,1-2H3,(H,20,23)/t12-/m0/s1. The van der Waals surface area contributed by atoms with Gasteiger partial charge in [0, 0.05) is 17.0 Å². The van der Waals surface area contributed by atoms with Crippen LogP contribution in [0.3, 0.4) is 0 Å². The van der Waals surface area contributed by atoms with Crippen molar-refractivity contribution >= 4 is 34.7 Å². The molecule has 1 aromatic heterocycles. The van der Waals surface area contributed by atoms with Crippen molar-refractivity contribution in [3.05, 3.63) is 52.0 Å². The summed E-state index contributed by atoms with van der Waals surface area (Å²) in [6.07, 6.45) is -1.13. The van der Waals surface area contributed by atoms with Crippen LogP contribution in [0.2, 0.25) is 0 Å². The lowest BCUT2D eigenvalue weighted by Gasteiger charge is -2.13. The minimum absolute atomic E-state index is 0.0248. The fraction of sp³-hybridized carbons (Fsp3) is 0.278. The van der Waals surface area contributed by atoms with Crippen molar-refractivity contribution in [3.63, 3.8) is 0 Å².